The molecule has 0 N–H and O–H groups in total. The van der Waals surface area contributed by atoms with Crippen LogP contribution in [0.25, 0.3) is 0 Å². The highest BCUT2D eigenvalue weighted by atomic mass is 32.2. The van der Waals surface area contributed by atoms with Crippen molar-refractivity contribution in [1.29, 1.82) is 0 Å². The van der Waals surface area contributed by atoms with Crippen molar-refractivity contribution < 1.29 is 9.53 Å². The van der Waals surface area contributed by atoms with Gasteiger partial charge in [-0.1, -0.05) is 48.2 Å². The lowest BCUT2D eigenvalue weighted by molar-refractivity contribution is -0.128. The summed E-state index contributed by atoms with van der Waals surface area (Å²) in [7, 11) is 0. The van der Waals surface area contributed by atoms with Crippen LogP contribution in [0.1, 0.15) is 0 Å². The standard InChI is InChI=1S/C15H12O2S/c16-15(17-13-7-3-1-4-8-13)11-12-18-14-9-5-2-6-10-14/h1-12H/b12-11+. The second-order valence-electron chi connectivity index (χ2n) is 3.47. The molecule has 0 radical (unpaired) electrons. The maximum absolute atomic E-state index is 11.5. The van der Waals surface area contributed by atoms with Crippen LogP contribution in [0.2, 0.25) is 0 Å². The number of hydrogen-bond donors (Lipinski definition) is 0. The zero-order chi connectivity index (χ0) is 12.6. The maximum Gasteiger partial charge on any atom is 0.336 e. The highest BCUT2D eigenvalue weighted by Gasteiger charge is 1.98. The first-order valence-electron chi connectivity index (χ1n) is 5.50. The lowest BCUT2D eigenvalue weighted by atomic mass is 10.3. The summed E-state index contributed by atoms with van der Waals surface area (Å²) >= 11 is 1.48. The van der Waals surface area contributed by atoms with Crippen LogP contribution in [0.15, 0.2) is 77.0 Å². The van der Waals surface area contributed by atoms with Crippen molar-refractivity contribution in [3.05, 3.63) is 72.1 Å². The molecule has 2 rings (SSSR count). The van der Waals surface area contributed by atoms with E-state index < -0.39 is 0 Å². The molecule has 3 heteroatoms. The molecule has 0 bridgehead atoms. The molecule has 0 aliphatic rings. The van der Waals surface area contributed by atoms with Crippen molar-refractivity contribution in [2.75, 3.05) is 0 Å². The average molecular weight is 256 g/mol. The highest BCUT2D eigenvalue weighted by Crippen LogP contribution is 2.18. The average Bonchev–Trinajstić information content (AvgIpc) is 2.41. The summed E-state index contributed by atoms with van der Waals surface area (Å²) in [6.45, 7) is 0. The minimum absolute atomic E-state index is 0.371. The molecule has 0 aliphatic carbocycles. The maximum atomic E-state index is 11.5. The highest BCUT2D eigenvalue weighted by molar-refractivity contribution is 8.02. The lowest BCUT2D eigenvalue weighted by Crippen LogP contribution is -2.02. The fraction of sp³-hybridized carbons (Fsp3) is 0. The smallest absolute Gasteiger partial charge is 0.336 e. The molecule has 2 nitrogen and oxygen atoms in total. The van der Waals surface area contributed by atoms with Crippen LogP contribution >= 0.6 is 11.8 Å². The van der Waals surface area contributed by atoms with Gasteiger partial charge in [-0.05, 0) is 29.7 Å². The van der Waals surface area contributed by atoms with Gasteiger partial charge >= 0.3 is 5.97 Å². The van der Waals surface area contributed by atoms with E-state index in [2.05, 4.69) is 0 Å². The first kappa shape index (κ1) is 12.5. The third-order valence-corrected chi connectivity index (χ3v) is 2.93. The second-order valence-corrected chi connectivity index (χ2v) is 4.45. The van der Waals surface area contributed by atoms with Gasteiger partial charge in [0.15, 0.2) is 0 Å². The molecule has 2 aromatic rings. The van der Waals surface area contributed by atoms with Crippen molar-refractivity contribution in [3.8, 4) is 5.75 Å². The number of hydrogen-bond acceptors (Lipinski definition) is 3. The van der Waals surface area contributed by atoms with Gasteiger partial charge < -0.3 is 4.74 Å². The van der Waals surface area contributed by atoms with E-state index in [-0.39, 0.29) is 5.97 Å². The van der Waals surface area contributed by atoms with Crippen molar-refractivity contribution >= 4 is 17.7 Å². The fourth-order valence-corrected chi connectivity index (χ4v) is 1.96. The third-order valence-electron chi connectivity index (χ3n) is 2.11. The Morgan fingerprint density at radius 2 is 1.56 bits per heavy atom. The van der Waals surface area contributed by atoms with Crippen LogP contribution in [0.4, 0.5) is 0 Å². The molecule has 0 spiro atoms. The monoisotopic (exact) mass is 256 g/mol. The van der Waals surface area contributed by atoms with Crippen LogP contribution in [0.3, 0.4) is 0 Å². The molecule has 0 unspecified atom stereocenters. The summed E-state index contributed by atoms with van der Waals surface area (Å²) in [6, 6.07) is 18.9. The van der Waals surface area contributed by atoms with Gasteiger partial charge in [0.05, 0.1) is 0 Å². The molecule has 0 saturated carbocycles. The van der Waals surface area contributed by atoms with Crippen molar-refractivity contribution in [1.82, 2.24) is 0 Å². The number of carbonyl (C=O) groups excluding carboxylic acids is 1. The van der Waals surface area contributed by atoms with Crippen LogP contribution in [0.5, 0.6) is 5.75 Å². The number of benzene rings is 2. The van der Waals surface area contributed by atoms with Gasteiger partial charge in [0.2, 0.25) is 0 Å². The zero-order valence-electron chi connectivity index (χ0n) is 9.65. The molecule has 0 saturated heterocycles. The Hall–Kier alpha value is -2.00. The number of ether oxygens (including phenoxy) is 1. The molecule has 0 heterocycles. The van der Waals surface area contributed by atoms with Crippen LogP contribution < -0.4 is 4.74 Å². The van der Waals surface area contributed by atoms with E-state index >= 15 is 0 Å². The fourth-order valence-electron chi connectivity index (χ4n) is 1.31. The summed E-state index contributed by atoms with van der Waals surface area (Å²) in [5.74, 6) is 0.182. The summed E-state index contributed by atoms with van der Waals surface area (Å²) in [5.41, 5.74) is 0. The first-order valence-corrected chi connectivity index (χ1v) is 6.38. The topological polar surface area (TPSA) is 26.3 Å². The predicted molar refractivity (Wildman–Crippen MR) is 73.5 cm³/mol. The van der Waals surface area contributed by atoms with Gasteiger partial charge in [-0.25, -0.2) is 4.79 Å². The molecule has 2 aromatic carbocycles. The predicted octanol–water partition coefficient (Wildman–Crippen LogP) is 3.90. The van der Waals surface area contributed by atoms with Crippen LogP contribution in [0, 0.1) is 0 Å². The van der Waals surface area contributed by atoms with E-state index in [4.69, 9.17) is 4.74 Å². The Morgan fingerprint density at radius 1 is 0.944 bits per heavy atom. The van der Waals surface area contributed by atoms with E-state index in [0.717, 1.165) is 4.90 Å². The van der Waals surface area contributed by atoms with Gasteiger partial charge in [0.1, 0.15) is 5.75 Å². The third kappa shape index (κ3) is 4.11. The summed E-state index contributed by atoms with van der Waals surface area (Å²) < 4.78 is 5.11. The Labute approximate surface area is 110 Å². The molecular formula is C15H12O2S. The Morgan fingerprint density at radius 3 is 2.22 bits per heavy atom. The normalized spacial score (nSPS) is 10.4. The SMILES string of the molecule is O=C(/C=C/Sc1ccccc1)Oc1ccccc1. The minimum atomic E-state index is -0.371. The van der Waals surface area contributed by atoms with E-state index in [1.807, 2.05) is 48.5 Å². The van der Waals surface area contributed by atoms with Crippen molar-refractivity contribution in [2.45, 2.75) is 4.90 Å². The molecule has 0 aliphatic heterocycles. The zero-order valence-corrected chi connectivity index (χ0v) is 10.5. The van der Waals surface area contributed by atoms with Gasteiger partial charge in [-0.15, -0.1) is 0 Å². The van der Waals surface area contributed by atoms with E-state index in [0.29, 0.717) is 5.75 Å². The number of thioether (sulfide) groups is 1. The van der Waals surface area contributed by atoms with Crippen LogP contribution in [-0.4, -0.2) is 5.97 Å². The van der Waals surface area contributed by atoms with Gasteiger partial charge in [0.25, 0.3) is 0 Å². The Balaban J connectivity index is 1.85. The molecule has 0 aromatic heterocycles. The molecule has 18 heavy (non-hydrogen) atoms. The molecular weight excluding hydrogens is 244 g/mol. The molecule has 0 fully saturated rings. The number of esters is 1. The van der Waals surface area contributed by atoms with Crippen molar-refractivity contribution in [2.24, 2.45) is 0 Å². The van der Waals surface area contributed by atoms with E-state index in [9.17, 15) is 4.79 Å². The quantitative estimate of drug-likeness (QED) is 0.359. The molecule has 0 atom stereocenters. The van der Waals surface area contributed by atoms with Crippen molar-refractivity contribution in [3.63, 3.8) is 0 Å². The largest absolute Gasteiger partial charge is 0.423 e. The number of carbonyl (C=O) groups is 1. The van der Waals surface area contributed by atoms with Gasteiger partial charge in [-0.2, -0.15) is 0 Å². The number of para-hydroxylation sites is 1. The molecule has 0 amide bonds. The van der Waals surface area contributed by atoms with E-state index in [1.54, 1.807) is 17.5 Å². The minimum Gasteiger partial charge on any atom is -0.423 e. The number of rotatable bonds is 4. The summed E-state index contributed by atoms with van der Waals surface area (Å²) in [5, 5.41) is 1.72. The van der Waals surface area contributed by atoms with Crippen LogP contribution in [-0.2, 0) is 4.79 Å². The van der Waals surface area contributed by atoms with Gasteiger partial charge in [-0.3, -0.25) is 0 Å². The van der Waals surface area contributed by atoms with Gasteiger partial charge in [0, 0.05) is 11.0 Å². The van der Waals surface area contributed by atoms with E-state index in [1.165, 1.54) is 17.8 Å². The second kappa shape index (κ2) is 6.67. The molecule has 90 valence electrons. The Kier molecular flexibility index (Phi) is 4.61. The first-order chi connectivity index (χ1) is 8.84. The summed E-state index contributed by atoms with van der Waals surface area (Å²) in [6.07, 6.45) is 1.42. The Bertz CT molecular complexity index is 521. The summed E-state index contributed by atoms with van der Waals surface area (Å²) in [4.78, 5) is 12.6. The lowest BCUT2D eigenvalue weighted by Gasteiger charge is -1.99.